The number of amides is 1. The predicted molar refractivity (Wildman–Crippen MR) is 91.9 cm³/mol. The third kappa shape index (κ3) is 8.12. The van der Waals surface area contributed by atoms with Crippen molar-refractivity contribution in [1.29, 1.82) is 0 Å². The summed E-state index contributed by atoms with van der Waals surface area (Å²) in [7, 11) is 0. The molecule has 21 heavy (non-hydrogen) atoms. The molecule has 0 aliphatic carbocycles. The summed E-state index contributed by atoms with van der Waals surface area (Å²) >= 11 is 1.59. The number of benzene rings is 1. The van der Waals surface area contributed by atoms with Gasteiger partial charge in [0.05, 0.1) is 5.75 Å². The number of thioether (sulfide) groups is 1. The van der Waals surface area contributed by atoms with Crippen LogP contribution in [0.4, 0.5) is 0 Å². The first-order valence-corrected chi connectivity index (χ1v) is 8.82. The van der Waals surface area contributed by atoms with Crippen LogP contribution in [-0.4, -0.2) is 42.7 Å². The number of rotatable bonds is 10. The average molecular weight is 308 g/mol. The van der Waals surface area contributed by atoms with Crippen LogP contribution in [0.3, 0.4) is 0 Å². The molecule has 1 amide bonds. The Hall–Kier alpha value is -1.00. The zero-order valence-electron chi connectivity index (χ0n) is 13.5. The molecule has 1 N–H and O–H groups in total. The van der Waals surface area contributed by atoms with Gasteiger partial charge in [0.2, 0.25) is 5.91 Å². The number of unbranched alkanes of at least 4 members (excludes halogenated alkanes) is 1. The Morgan fingerprint density at radius 3 is 2.43 bits per heavy atom. The van der Waals surface area contributed by atoms with Gasteiger partial charge in [-0.15, -0.1) is 11.8 Å². The van der Waals surface area contributed by atoms with Crippen LogP contribution >= 0.6 is 11.8 Å². The van der Waals surface area contributed by atoms with Crippen LogP contribution in [-0.2, 0) is 4.79 Å². The molecule has 0 saturated heterocycles. The van der Waals surface area contributed by atoms with Crippen LogP contribution in [0.1, 0.15) is 32.3 Å². The van der Waals surface area contributed by atoms with Crippen molar-refractivity contribution >= 4 is 17.7 Å². The minimum absolute atomic E-state index is 0.128. The van der Waals surface area contributed by atoms with E-state index in [4.69, 9.17) is 0 Å². The van der Waals surface area contributed by atoms with Crippen LogP contribution in [0.5, 0.6) is 0 Å². The van der Waals surface area contributed by atoms with Crippen molar-refractivity contribution in [2.45, 2.75) is 38.5 Å². The number of nitrogens with zero attached hydrogens (tertiary/aromatic N) is 1. The molecule has 4 heteroatoms. The standard InChI is InChI=1S/C17H28N2OS/c1-4-19(5-2)13-7-6-12-18-17(20)14-21-16-10-8-15(3)9-11-16/h8-11H,4-7,12-14H2,1-3H3,(H,18,20). The van der Waals surface area contributed by atoms with Crippen molar-refractivity contribution in [2.75, 3.05) is 31.9 Å². The van der Waals surface area contributed by atoms with E-state index in [0.29, 0.717) is 5.75 Å². The lowest BCUT2D eigenvalue weighted by Gasteiger charge is -2.17. The molecule has 0 aromatic heterocycles. The van der Waals surface area contributed by atoms with Crippen LogP contribution < -0.4 is 5.32 Å². The first-order valence-electron chi connectivity index (χ1n) is 7.84. The minimum atomic E-state index is 0.128. The van der Waals surface area contributed by atoms with Crippen molar-refractivity contribution in [3.63, 3.8) is 0 Å². The van der Waals surface area contributed by atoms with Crippen molar-refractivity contribution in [1.82, 2.24) is 10.2 Å². The molecule has 0 aliphatic rings. The summed E-state index contributed by atoms with van der Waals surface area (Å²) in [6, 6.07) is 8.29. The summed E-state index contributed by atoms with van der Waals surface area (Å²) < 4.78 is 0. The molecule has 1 rings (SSSR count). The highest BCUT2D eigenvalue weighted by molar-refractivity contribution is 8.00. The van der Waals surface area contributed by atoms with Gasteiger partial charge in [0.15, 0.2) is 0 Å². The zero-order valence-corrected chi connectivity index (χ0v) is 14.3. The van der Waals surface area contributed by atoms with Gasteiger partial charge in [-0.05, 0) is 51.5 Å². The Balaban J connectivity index is 2.07. The van der Waals surface area contributed by atoms with Gasteiger partial charge >= 0.3 is 0 Å². The topological polar surface area (TPSA) is 32.3 Å². The average Bonchev–Trinajstić information content (AvgIpc) is 2.50. The van der Waals surface area contributed by atoms with Gasteiger partial charge in [0, 0.05) is 11.4 Å². The van der Waals surface area contributed by atoms with Crippen molar-refractivity contribution in [3.05, 3.63) is 29.8 Å². The monoisotopic (exact) mass is 308 g/mol. The number of carbonyl (C=O) groups excluding carboxylic acids is 1. The normalized spacial score (nSPS) is 10.9. The lowest BCUT2D eigenvalue weighted by molar-refractivity contribution is -0.118. The predicted octanol–water partition coefficient (Wildman–Crippen LogP) is 3.33. The van der Waals surface area contributed by atoms with Gasteiger partial charge in [-0.25, -0.2) is 0 Å². The van der Waals surface area contributed by atoms with E-state index in [1.54, 1.807) is 11.8 Å². The van der Waals surface area contributed by atoms with Crippen LogP contribution in [0.15, 0.2) is 29.2 Å². The zero-order chi connectivity index (χ0) is 15.5. The Bertz CT molecular complexity index is 402. The maximum atomic E-state index is 11.8. The molecule has 1 aromatic rings. The summed E-state index contributed by atoms with van der Waals surface area (Å²) in [5, 5.41) is 3.00. The molecule has 0 atom stereocenters. The van der Waals surface area contributed by atoms with Crippen molar-refractivity contribution in [2.24, 2.45) is 0 Å². The summed E-state index contributed by atoms with van der Waals surface area (Å²) in [4.78, 5) is 15.3. The molecule has 0 spiro atoms. The maximum Gasteiger partial charge on any atom is 0.230 e. The van der Waals surface area contributed by atoms with Gasteiger partial charge in [0.1, 0.15) is 0 Å². The Kier molecular flexibility index (Phi) is 9.19. The molecule has 0 fully saturated rings. The number of hydrogen-bond donors (Lipinski definition) is 1. The van der Waals surface area contributed by atoms with E-state index in [1.807, 2.05) is 0 Å². The summed E-state index contributed by atoms with van der Waals surface area (Å²) in [6.45, 7) is 10.6. The molecule has 0 aliphatic heterocycles. The van der Waals surface area contributed by atoms with Crippen LogP contribution in [0.25, 0.3) is 0 Å². The van der Waals surface area contributed by atoms with E-state index in [-0.39, 0.29) is 5.91 Å². The van der Waals surface area contributed by atoms with Crippen molar-refractivity contribution < 1.29 is 4.79 Å². The maximum absolute atomic E-state index is 11.8. The lowest BCUT2D eigenvalue weighted by atomic mass is 10.2. The fourth-order valence-corrected chi connectivity index (χ4v) is 2.79. The molecular weight excluding hydrogens is 280 g/mol. The molecule has 0 saturated carbocycles. The fourth-order valence-electron chi connectivity index (χ4n) is 2.06. The smallest absolute Gasteiger partial charge is 0.230 e. The third-order valence-electron chi connectivity index (χ3n) is 3.51. The van der Waals surface area contributed by atoms with Gasteiger partial charge in [-0.1, -0.05) is 31.5 Å². The second kappa shape index (κ2) is 10.7. The van der Waals surface area contributed by atoms with Gasteiger partial charge < -0.3 is 10.2 Å². The van der Waals surface area contributed by atoms with E-state index in [9.17, 15) is 4.79 Å². The second-order valence-corrected chi connectivity index (χ2v) is 6.23. The minimum Gasteiger partial charge on any atom is -0.355 e. The number of carbonyl (C=O) groups is 1. The molecule has 0 heterocycles. The summed E-state index contributed by atoms with van der Waals surface area (Å²) in [5.74, 6) is 0.627. The van der Waals surface area contributed by atoms with E-state index < -0.39 is 0 Å². The van der Waals surface area contributed by atoms with Gasteiger partial charge in [0.25, 0.3) is 0 Å². The Morgan fingerprint density at radius 2 is 1.81 bits per heavy atom. The van der Waals surface area contributed by atoms with Crippen LogP contribution in [0.2, 0.25) is 0 Å². The number of hydrogen-bond acceptors (Lipinski definition) is 3. The Morgan fingerprint density at radius 1 is 1.14 bits per heavy atom. The summed E-state index contributed by atoms with van der Waals surface area (Å²) in [6.07, 6.45) is 2.20. The van der Waals surface area contributed by atoms with E-state index in [2.05, 4.69) is 55.3 Å². The van der Waals surface area contributed by atoms with E-state index in [1.165, 1.54) is 5.56 Å². The number of nitrogens with one attached hydrogen (secondary N) is 1. The SMILES string of the molecule is CCN(CC)CCCCNC(=O)CSc1ccc(C)cc1. The number of aryl methyl sites for hydroxylation is 1. The van der Waals surface area contributed by atoms with Crippen molar-refractivity contribution in [3.8, 4) is 0 Å². The van der Waals surface area contributed by atoms with Gasteiger partial charge in [-0.2, -0.15) is 0 Å². The summed E-state index contributed by atoms with van der Waals surface area (Å²) in [5.41, 5.74) is 1.25. The first kappa shape index (κ1) is 18.1. The molecule has 0 radical (unpaired) electrons. The van der Waals surface area contributed by atoms with Crippen LogP contribution in [0, 0.1) is 6.92 Å². The highest BCUT2D eigenvalue weighted by Crippen LogP contribution is 2.17. The third-order valence-corrected chi connectivity index (χ3v) is 4.52. The molecule has 1 aromatic carbocycles. The molecule has 0 bridgehead atoms. The van der Waals surface area contributed by atoms with Gasteiger partial charge in [-0.3, -0.25) is 4.79 Å². The Labute approximate surface area is 133 Å². The molecule has 3 nitrogen and oxygen atoms in total. The highest BCUT2D eigenvalue weighted by Gasteiger charge is 2.03. The first-order chi connectivity index (χ1) is 10.2. The molecular formula is C17H28N2OS. The second-order valence-electron chi connectivity index (χ2n) is 5.19. The lowest BCUT2D eigenvalue weighted by Crippen LogP contribution is -2.28. The van der Waals surface area contributed by atoms with E-state index >= 15 is 0 Å². The largest absolute Gasteiger partial charge is 0.355 e. The molecule has 118 valence electrons. The highest BCUT2D eigenvalue weighted by atomic mass is 32.2. The molecule has 0 unspecified atom stereocenters. The fraction of sp³-hybridized carbons (Fsp3) is 0.588. The quantitative estimate of drug-likeness (QED) is 0.531. The van der Waals surface area contributed by atoms with E-state index in [0.717, 1.165) is 43.9 Å².